The zero-order valence-electron chi connectivity index (χ0n) is 11.1. The molecule has 0 saturated carbocycles. The van der Waals surface area contributed by atoms with Crippen molar-refractivity contribution < 1.29 is 0 Å². The first-order valence-corrected chi connectivity index (χ1v) is 7.13. The highest BCUT2D eigenvalue weighted by Gasteiger charge is 2.11. The van der Waals surface area contributed by atoms with E-state index in [1.54, 1.807) is 0 Å². The number of hydrogen-bond acceptors (Lipinski definition) is 1. The van der Waals surface area contributed by atoms with Gasteiger partial charge in [0.1, 0.15) is 0 Å². The molecule has 0 amide bonds. The van der Waals surface area contributed by atoms with Crippen molar-refractivity contribution in [2.45, 2.75) is 20.4 Å². The van der Waals surface area contributed by atoms with Gasteiger partial charge in [0, 0.05) is 12.1 Å². The zero-order chi connectivity index (χ0) is 13.8. The lowest BCUT2D eigenvalue weighted by atomic mass is 9.97. The molecule has 0 fully saturated rings. The Kier molecular flexibility index (Phi) is 4.87. The first-order chi connectivity index (χ1) is 9.13. The molecule has 0 aliphatic rings. The quantitative estimate of drug-likeness (QED) is 0.829. The molecular weight excluding hydrogens is 277 g/mol. The molecule has 3 heteroatoms. The molecule has 0 heterocycles. The first-order valence-electron chi connectivity index (χ1n) is 6.38. The van der Waals surface area contributed by atoms with Crippen LogP contribution in [0.4, 0.5) is 0 Å². The summed E-state index contributed by atoms with van der Waals surface area (Å²) in [7, 11) is 0. The van der Waals surface area contributed by atoms with Crippen LogP contribution in [0, 0.1) is 6.92 Å². The lowest BCUT2D eigenvalue weighted by Gasteiger charge is -2.13. The van der Waals surface area contributed by atoms with Crippen molar-refractivity contribution in [2.24, 2.45) is 0 Å². The summed E-state index contributed by atoms with van der Waals surface area (Å²) in [5.41, 5.74) is 4.59. The molecule has 0 aliphatic heterocycles. The molecule has 0 atom stereocenters. The second kappa shape index (κ2) is 6.42. The standard InChI is InChI=1S/C16H17Cl2N/c1-3-19-10-12-8-7-11(2)9-14(12)13-5-4-6-15(17)16(13)18/h4-9,19H,3,10H2,1-2H3. The van der Waals surface area contributed by atoms with Crippen molar-refractivity contribution in [2.75, 3.05) is 6.54 Å². The fourth-order valence-electron chi connectivity index (χ4n) is 2.07. The van der Waals surface area contributed by atoms with Gasteiger partial charge >= 0.3 is 0 Å². The predicted molar refractivity (Wildman–Crippen MR) is 84.0 cm³/mol. The third-order valence-electron chi connectivity index (χ3n) is 3.07. The summed E-state index contributed by atoms with van der Waals surface area (Å²) >= 11 is 12.4. The van der Waals surface area contributed by atoms with Crippen LogP contribution >= 0.6 is 23.2 Å². The lowest BCUT2D eigenvalue weighted by molar-refractivity contribution is 0.728. The van der Waals surface area contributed by atoms with Gasteiger partial charge in [0.15, 0.2) is 0 Å². The van der Waals surface area contributed by atoms with Crippen LogP contribution in [-0.2, 0) is 6.54 Å². The summed E-state index contributed by atoms with van der Waals surface area (Å²) < 4.78 is 0. The Hall–Kier alpha value is -1.02. The Labute approximate surface area is 124 Å². The van der Waals surface area contributed by atoms with E-state index < -0.39 is 0 Å². The minimum absolute atomic E-state index is 0.593. The molecule has 0 saturated heterocycles. The summed E-state index contributed by atoms with van der Waals surface area (Å²) in [4.78, 5) is 0. The van der Waals surface area contributed by atoms with Gasteiger partial charge < -0.3 is 5.32 Å². The molecular formula is C16H17Cl2N. The van der Waals surface area contributed by atoms with E-state index in [0.29, 0.717) is 10.0 Å². The highest BCUT2D eigenvalue weighted by Crippen LogP contribution is 2.35. The summed E-state index contributed by atoms with van der Waals surface area (Å²) in [6, 6.07) is 12.2. The van der Waals surface area contributed by atoms with Crippen LogP contribution in [-0.4, -0.2) is 6.54 Å². The molecule has 2 rings (SSSR count). The van der Waals surface area contributed by atoms with Gasteiger partial charge in [-0.05, 0) is 30.7 Å². The van der Waals surface area contributed by atoms with Crippen LogP contribution in [0.25, 0.3) is 11.1 Å². The van der Waals surface area contributed by atoms with Gasteiger partial charge in [-0.3, -0.25) is 0 Å². The lowest BCUT2D eigenvalue weighted by Crippen LogP contribution is -2.12. The molecule has 1 nitrogen and oxygen atoms in total. The number of halogens is 2. The number of rotatable bonds is 4. The Morgan fingerprint density at radius 1 is 1.05 bits per heavy atom. The van der Waals surface area contributed by atoms with Crippen molar-refractivity contribution in [3.63, 3.8) is 0 Å². The van der Waals surface area contributed by atoms with Crippen LogP contribution in [0.1, 0.15) is 18.1 Å². The van der Waals surface area contributed by atoms with Gasteiger partial charge in [-0.1, -0.05) is 66.0 Å². The predicted octanol–water partition coefficient (Wildman–Crippen LogP) is 5.08. The van der Waals surface area contributed by atoms with Crippen LogP contribution in [0.3, 0.4) is 0 Å². The molecule has 0 aromatic heterocycles. The third kappa shape index (κ3) is 3.30. The summed E-state index contributed by atoms with van der Waals surface area (Å²) in [5, 5.41) is 4.56. The third-order valence-corrected chi connectivity index (χ3v) is 3.89. The number of hydrogen-bond donors (Lipinski definition) is 1. The molecule has 0 aliphatic carbocycles. The second-order valence-electron chi connectivity index (χ2n) is 4.54. The highest BCUT2D eigenvalue weighted by atomic mass is 35.5. The minimum atomic E-state index is 0.593. The number of nitrogens with one attached hydrogen (secondary N) is 1. The van der Waals surface area contributed by atoms with Crippen molar-refractivity contribution in [3.05, 3.63) is 57.6 Å². The van der Waals surface area contributed by atoms with E-state index in [0.717, 1.165) is 24.2 Å². The molecule has 2 aromatic carbocycles. The number of benzene rings is 2. The van der Waals surface area contributed by atoms with Crippen molar-refractivity contribution >= 4 is 23.2 Å². The maximum absolute atomic E-state index is 6.33. The average molecular weight is 294 g/mol. The van der Waals surface area contributed by atoms with E-state index in [1.165, 1.54) is 11.1 Å². The first kappa shape index (κ1) is 14.4. The van der Waals surface area contributed by atoms with Gasteiger partial charge in [0.25, 0.3) is 0 Å². The van der Waals surface area contributed by atoms with Gasteiger partial charge in [-0.15, -0.1) is 0 Å². The summed E-state index contributed by atoms with van der Waals surface area (Å²) in [5.74, 6) is 0. The van der Waals surface area contributed by atoms with E-state index >= 15 is 0 Å². The van der Waals surface area contributed by atoms with Crippen LogP contribution in [0.15, 0.2) is 36.4 Å². The Morgan fingerprint density at radius 3 is 2.58 bits per heavy atom. The fraction of sp³-hybridized carbons (Fsp3) is 0.250. The molecule has 0 unspecified atom stereocenters. The Bertz CT molecular complexity index is 579. The topological polar surface area (TPSA) is 12.0 Å². The van der Waals surface area contributed by atoms with E-state index in [9.17, 15) is 0 Å². The maximum Gasteiger partial charge on any atom is 0.0670 e. The average Bonchev–Trinajstić information content (AvgIpc) is 2.40. The molecule has 0 spiro atoms. The maximum atomic E-state index is 6.33. The second-order valence-corrected chi connectivity index (χ2v) is 5.33. The Morgan fingerprint density at radius 2 is 1.84 bits per heavy atom. The molecule has 100 valence electrons. The smallest absolute Gasteiger partial charge is 0.0670 e. The largest absolute Gasteiger partial charge is 0.313 e. The molecule has 2 aromatic rings. The van der Waals surface area contributed by atoms with E-state index in [2.05, 4.69) is 37.4 Å². The molecule has 19 heavy (non-hydrogen) atoms. The normalized spacial score (nSPS) is 10.7. The van der Waals surface area contributed by atoms with Crippen LogP contribution in [0.5, 0.6) is 0 Å². The molecule has 0 bridgehead atoms. The van der Waals surface area contributed by atoms with Crippen molar-refractivity contribution in [3.8, 4) is 11.1 Å². The van der Waals surface area contributed by atoms with Crippen LogP contribution < -0.4 is 5.32 Å². The van der Waals surface area contributed by atoms with Gasteiger partial charge in [0.05, 0.1) is 10.0 Å². The van der Waals surface area contributed by atoms with E-state index in [-0.39, 0.29) is 0 Å². The van der Waals surface area contributed by atoms with E-state index in [1.807, 2.05) is 18.2 Å². The zero-order valence-corrected chi connectivity index (χ0v) is 12.6. The van der Waals surface area contributed by atoms with Crippen molar-refractivity contribution in [1.82, 2.24) is 5.32 Å². The Balaban J connectivity index is 2.53. The van der Waals surface area contributed by atoms with Gasteiger partial charge in [-0.25, -0.2) is 0 Å². The summed E-state index contributed by atoms with van der Waals surface area (Å²) in [6.07, 6.45) is 0. The van der Waals surface area contributed by atoms with Gasteiger partial charge in [0.2, 0.25) is 0 Å². The van der Waals surface area contributed by atoms with E-state index in [4.69, 9.17) is 23.2 Å². The molecule has 0 radical (unpaired) electrons. The monoisotopic (exact) mass is 293 g/mol. The molecule has 1 N–H and O–H groups in total. The van der Waals surface area contributed by atoms with Crippen LogP contribution in [0.2, 0.25) is 10.0 Å². The SMILES string of the molecule is CCNCc1ccc(C)cc1-c1cccc(Cl)c1Cl. The fourth-order valence-corrected chi connectivity index (χ4v) is 2.47. The van der Waals surface area contributed by atoms with Gasteiger partial charge in [-0.2, -0.15) is 0 Å². The van der Waals surface area contributed by atoms with Crippen molar-refractivity contribution in [1.29, 1.82) is 0 Å². The summed E-state index contributed by atoms with van der Waals surface area (Å²) in [6.45, 7) is 5.95. The minimum Gasteiger partial charge on any atom is -0.313 e. The highest BCUT2D eigenvalue weighted by molar-refractivity contribution is 6.43. The number of aryl methyl sites for hydroxylation is 1.